The number of rotatable bonds is 7. The summed E-state index contributed by atoms with van der Waals surface area (Å²) in [6.45, 7) is 2.04. The Kier molecular flexibility index (Phi) is 13.8. The van der Waals surface area contributed by atoms with E-state index < -0.39 is 0 Å². The minimum absolute atomic E-state index is 0.550. The van der Waals surface area contributed by atoms with Crippen molar-refractivity contribution in [3.63, 3.8) is 0 Å². The highest BCUT2D eigenvalue weighted by Crippen LogP contribution is 2.46. The lowest BCUT2D eigenvalue weighted by Gasteiger charge is -2.15. The third-order valence-electron chi connectivity index (χ3n) is 10.4. The lowest BCUT2D eigenvalue weighted by Crippen LogP contribution is -1.94. The van der Waals surface area contributed by atoms with Gasteiger partial charge in [-0.05, 0) is 100 Å². The smallest absolute Gasteiger partial charge is 0.0464 e. The third-order valence-corrected chi connectivity index (χ3v) is 10.4. The van der Waals surface area contributed by atoms with Crippen molar-refractivity contribution < 1.29 is 0 Å². The molecule has 0 aliphatic heterocycles. The van der Waals surface area contributed by atoms with E-state index in [9.17, 15) is 0 Å². The minimum Gasteiger partial charge on any atom is -0.399 e. The fourth-order valence-electron chi connectivity index (χ4n) is 7.24. The second-order valence-electron chi connectivity index (χ2n) is 14.5. The summed E-state index contributed by atoms with van der Waals surface area (Å²) < 4.78 is 0. The van der Waals surface area contributed by atoms with E-state index in [1.165, 1.54) is 73.5 Å². The second-order valence-corrected chi connectivity index (χ2v) is 14.5. The average molecular weight is 778 g/mol. The van der Waals surface area contributed by atoms with Crippen LogP contribution in [0.25, 0.3) is 49.7 Å². The van der Waals surface area contributed by atoms with Gasteiger partial charge < -0.3 is 16.8 Å². The summed E-state index contributed by atoms with van der Waals surface area (Å²) in [7, 11) is 1.50. The van der Waals surface area contributed by atoms with Crippen LogP contribution in [0.1, 0.15) is 22.6 Å². The van der Waals surface area contributed by atoms with Gasteiger partial charge in [0, 0.05) is 33.9 Å². The van der Waals surface area contributed by atoms with Crippen molar-refractivity contribution >= 4 is 33.4 Å². The first kappa shape index (κ1) is 40.7. The number of benzene rings is 9. The summed E-state index contributed by atoms with van der Waals surface area (Å²) in [5.41, 5.74) is 25.7. The van der Waals surface area contributed by atoms with E-state index in [-0.39, 0.29) is 0 Å². The molecule has 1 aliphatic carbocycles. The Hall–Kier alpha value is -7.46. The Balaban J connectivity index is 0.000000177. The van der Waals surface area contributed by atoms with Crippen molar-refractivity contribution in [2.75, 3.05) is 18.1 Å². The molecule has 3 heteroatoms. The monoisotopic (exact) mass is 777 g/mol. The molecule has 1 unspecified atom stereocenters. The number of anilines is 3. The Morgan fingerprint density at radius 3 is 1.53 bits per heavy atom. The molecule has 0 amide bonds. The molecule has 60 heavy (non-hydrogen) atoms. The second kappa shape index (κ2) is 20.3. The predicted molar refractivity (Wildman–Crippen MR) is 259 cm³/mol. The van der Waals surface area contributed by atoms with Gasteiger partial charge in [-0.2, -0.15) is 0 Å². The highest BCUT2D eigenvalue weighted by atomic mass is 14.9. The molecular formula is C57H51N3. The van der Waals surface area contributed by atoms with E-state index in [1.54, 1.807) is 0 Å². The van der Waals surface area contributed by atoms with E-state index >= 15 is 0 Å². The summed E-state index contributed by atoms with van der Waals surface area (Å²) in [6, 6.07) is 80.6. The van der Waals surface area contributed by atoms with Gasteiger partial charge in [0.2, 0.25) is 0 Å². The van der Waals surface area contributed by atoms with Gasteiger partial charge in [-0.15, -0.1) is 0 Å². The van der Waals surface area contributed by atoms with Gasteiger partial charge in [0.25, 0.3) is 0 Å². The van der Waals surface area contributed by atoms with Gasteiger partial charge in [0.1, 0.15) is 0 Å². The summed E-state index contributed by atoms with van der Waals surface area (Å²) in [5.74, 6) is 0.550. The number of hydrogen-bond acceptors (Lipinski definition) is 3. The number of aryl methyl sites for hydroxylation is 1. The molecule has 0 radical (unpaired) electrons. The van der Waals surface area contributed by atoms with E-state index in [1.807, 2.05) is 31.2 Å². The molecule has 5 N–H and O–H groups in total. The number of hydrogen-bond donors (Lipinski definition) is 3. The Morgan fingerprint density at radius 1 is 0.400 bits per heavy atom. The molecule has 0 aromatic heterocycles. The van der Waals surface area contributed by atoms with Crippen molar-refractivity contribution in [2.45, 2.75) is 12.8 Å². The van der Waals surface area contributed by atoms with Crippen LogP contribution in [0.15, 0.2) is 237 Å². The normalized spacial score (nSPS) is 12.2. The molecule has 3 nitrogen and oxygen atoms in total. The quantitative estimate of drug-likeness (QED) is 0.141. The van der Waals surface area contributed by atoms with Crippen LogP contribution in [0, 0.1) is 6.92 Å². The fourth-order valence-corrected chi connectivity index (χ4v) is 7.24. The van der Waals surface area contributed by atoms with Crippen molar-refractivity contribution in [1.82, 2.24) is 0 Å². The summed E-state index contributed by atoms with van der Waals surface area (Å²) in [5, 5.41) is 6.15. The number of fused-ring (bicyclic) bond motifs is 1. The number of allylic oxidation sites excluding steroid dienone is 2. The SMILES string of the molecule is C1=C(c2ccccc2)C1c1ccccc1.CN.Cc1ccc(N)cc1.c1ccc(-c2cccc(-c3cccc(-c4ccccc4Nc4cccc5ccccc45)c3)c2)cc1. The third kappa shape index (κ3) is 10.5. The minimum atomic E-state index is 0.550. The number of para-hydroxylation sites is 1. The zero-order chi connectivity index (χ0) is 41.5. The molecule has 0 heterocycles. The summed E-state index contributed by atoms with van der Waals surface area (Å²) in [6.07, 6.45) is 2.32. The number of nitrogens with two attached hydrogens (primary N) is 2. The van der Waals surface area contributed by atoms with Crippen LogP contribution in [0.2, 0.25) is 0 Å². The maximum atomic E-state index is 5.43. The first-order valence-electron chi connectivity index (χ1n) is 20.4. The van der Waals surface area contributed by atoms with Crippen LogP contribution in [-0.2, 0) is 0 Å². The lowest BCUT2D eigenvalue weighted by molar-refractivity contribution is 1.24. The van der Waals surface area contributed by atoms with Gasteiger partial charge in [0.15, 0.2) is 0 Å². The molecule has 1 aliphatic rings. The Bertz CT molecular complexity index is 2730. The standard InChI is InChI=1S/C34H25N.C15H12.C7H9N.CH5N/c1-2-11-25(12-3-1)27-15-8-16-28(23-27)29-17-9-18-30(24-29)32-20-6-7-21-33(32)35-34-22-10-14-26-13-4-5-19-31(26)34;1-3-7-12(8-4-1)14-11-15(14)13-9-5-2-6-10-13;1-6-2-4-7(8)5-3-6;1-2/h1-24,35H;1-11,14H;2-5H,8H2,1H3;2H2,1H3. The van der Waals surface area contributed by atoms with E-state index in [4.69, 9.17) is 5.73 Å². The van der Waals surface area contributed by atoms with Crippen LogP contribution >= 0.6 is 0 Å². The maximum absolute atomic E-state index is 5.43. The predicted octanol–water partition coefficient (Wildman–Crippen LogP) is 14.6. The number of nitrogen functional groups attached to an aromatic ring is 1. The van der Waals surface area contributed by atoms with E-state index in [0.29, 0.717) is 5.92 Å². The van der Waals surface area contributed by atoms with Gasteiger partial charge in [-0.25, -0.2) is 0 Å². The van der Waals surface area contributed by atoms with Gasteiger partial charge in [-0.3, -0.25) is 0 Å². The maximum Gasteiger partial charge on any atom is 0.0464 e. The van der Waals surface area contributed by atoms with Gasteiger partial charge in [0.05, 0.1) is 0 Å². The van der Waals surface area contributed by atoms with Crippen molar-refractivity contribution in [3.05, 3.63) is 253 Å². The van der Waals surface area contributed by atoms with Crippen LogP contribution in [0.4, 0.5) is 17.1 Å². The van der Waals surface area contributed by atoms with E-state index in [2.05, 4.69) is 223 Å². The first-order chi connectivity index (χ1) is 29.6. The van der Waals surface area contributed by atoms with Crippen molar-refractivity contribution in [3.8, 4) is 33.4 Å². The molecule has 294 valence electrons. The van der Waals surface area contributed by atoms with Crippen molar-refractivity contribution in [2.24, 2.45) is 5.73 Å². The summed E-state index contributed by atoms with van der Waals surface area (Å²) in [4.78, 5) is 0. The van der Waals surface area contributed by atoms with Crippen LogP contribution in [-0.4, -0.2) is 7.05 Å². The van der Waals surface area contributed by atoms with Crippen LogP contribution < -0.4 is 16.8 Å². The van der Waals surface area contributed by atoms with Gasteiger partial charge in [-0.1, -0.05) is 206 Å². The first-order valence-corrected chi connectivity index (χ1v) is 20.4. The van der Waals surface area contributed by atoms with Crippen molar-refractivity contribution in [1.29, 1.82) is 0 Å². The lowest BCUT2D eigenvalue weighted by atomic mass is 9.95. The molecular weight excluding hydrogens is 727 g/mol. The van der Waals surface area contributed by atoms with Crippen LogP contribution in [0.3, 0.4) is 0 Å². The highest BCUT2D eigenvalue weighted by Gasteiger charge is 2.26. The molecule has 0 bridgehead atoms. The molecule has 0 spiro atoms. The number of nitrogens with one attached hydrogen (secondary N) is 1. The molecule has 9 aromatic rings. The largest absolute Gasteiger partial charge is 0.399 e. The molecule has 0 saturated heterocycles. The Morgan fingerprint density at radius 2 is 0.867 bits per heavy atom. The molecule has 0 saturated carbocycles. The van der Waals surface area contributed by atoms with Gasteiger partial charge >= 0.3 is 0 Å². The zero-order valence-corrected chi connectivity index (χ0v) is 34.2. The highest BCUT2D eigenvalue weighted by molar-refractivity contribution is 5.97. The fraction of sp³-hybridized carbons (Fsp3) is 0.0526. The molecule has 10 rings (SSSR count). The topological polar surface area (TPSA) is 64.1 Å². The molecule has 1 atom stereocenters. The molecule has 0 fully saturated rings. The summed E-state index contributed by atoms with van der Waals surface area (Å²) >= 11 is 0. The van der Waals surface area contributed by atoms with Crippen LogP contribution in [0.5, 0.6) is 0 Å². The molecule has 9 aromatic carbocycles. The zero-order valence-electron chi connectivity index (χ0n) is 34.2. The average Bonchev–Trinajstić information content (AvgIpc) is 4.14. The Labute approximate surface area is 355 Å². The van der Waals surface area contributed by atoms with E-state index in [0.717, 1.165) is 17.1 Å².